The quantitative estimate of drug-likeness (QED) is 0.497. The molecule has 40 heavy (non-hydrogen) atoms. The van der Waals surface area contributed by atoms with E-state index < -0.39 is 0 Å². The van der Waals surface area contributed by atoms with Crippen molar-refractivity contribution in [3.8, 4) is 0 Å². The third kappa shape index (κ3) is 4.86. The highest BCUT2D eigenvalue weighted by Crippen LogP contribution is 2.37. The normalized spacial score (nSPS) is 19.2. The summed E-state index contributed by atoms with van der Waals surface area (Å²) in [5.74, 6) is 0.870. The van der Waals surface area contributed by atoms with Gasteiger partial charge in [0.1, 0.15) is 5.82 Å². The first-order valence-corrected chi connectivity index (χ1v) is 13.6. The Morgan fingerprint density at radius 2 is 1.75 bits per heavy atom. The number of rotatable bonds is 5. The molecule has 206 valence electrons. The van der Waals surface area contributed by atoms with Crippen molar-refractivity contribution in [1.82, 2.24) is 24.7 Å². The molecule has 3 aliphatic rings. The van der Waals surface area contributed by atoms with Gasteiger partial charge in [-0.3, -0.25) is 9.69 Å². The Bertz CT molecular complexity index is 1430. The molecule has 1 atom stereocenters. The lowest BCUT2D eigenvalue weighted by molar-refractivity contribution is -0.127. The molecule has 6 rings (SSSR count). The van der Waals surface area contributed by atoms with Gasteiger partial charge in [-0.15, -0.1) is 0 Å². The third-order valence-electron chi connectivity index (χ3n) is 8.06. The Balaban J connectivity index is 1.20. The molecule has 1 saturated heterocycles. The number of hydrogen-bond acceptors (Lipinski definition) is 7. The minimum absolute atomic E-state index is 0.145. The van der Waals surface area contributed by atoms with E-state index in [1.165, 1.54) is 11.8 Å². The molecule has 3 aliphatic heterocycles. The number of carbonyl (C=O) groups is 2. The van der Waals surface area contributed by atoms with Crippen LogP contribution in [0.1, 0.15) is 22.7 Å². The second-order valence-corrected chi connectivity index (χ2v) is 10.6. The third-order valence-corrected chi connectivity index (χ3v) is 8.06. The fourth-order valence-electron chi connectivity index (χ4n) is 5.73. The molecule has 0 saturated carbocycles. The van der Waals surface area contributed by atoms with E-state index in [9.17, 15) is 9.59 Å². The number of carbonyl (C=O) groups excluding carboxylic acids is 2. The number of fused-ring (bicyclic) bond motifs is 2. The fourth-order valence-corrected chi connectivity index (χ4v) is 5.73. The van der Waals surface area contributed by atoms with Gasteiger partial charge in [-0.05, 0) is 48.5 Å². The number of amides is 3. The van der Waals surface area contributed by atoms with E-state index in [0.717, 1.165) is 48.6 Å². The largest absolute Gasteiger partial charge is 0.369 e. The van der Waals surface area contributed by atoms with Crippen molar-refractivity contribution in [2.24, 2.45) is 0 Å². The van der Waals surface area contributed by atoms with Crippen LogP contribution in [0.5, 0.6) is 0 Å². The van der Waals surface area contributed by atoms with Crippen LogP contribution in [-0.4, -0.2) is 83.4 Å². The Morgan fingerprint density at radius 1 is 1.00 bits per heavy atom. The molecule has 0 bridgehead atoms. The van der Waals surface area contributed by atoms with Gasteiger partial charge in [0.25, 0.3) is 0 Å². The average molecular weight is 539 g/mol. The lowest BCUT2D eigenvalue weighted by Crippen LogP contribution is -2.51. The lowest BCUT2D eigenvalue weighted by Gasteiger charge is -2.43. The van der Waals surface area contributed by atoms with Crippen molar-refractivity contribution in [3.05, 3.63) is 84.1 Å². The minimum atomic E-state index is -0.284. The second kappa shape index (κ2) is 10.6. The molecule has 10 heteroatoms. The summed E-state index contributed by atoms with van der Waals surface area (Å²) < 4.78 is 0. The Hall–Kier alpha value is -4.44. The maximum atomic E-state index is 13.7. The second-order valence-electron chi connectivity index (χ2n) is 10.6. The minimum Gasteiger partial charge on any atom is -0.369 e. The van der Waals surface area contributed by atoms with Crippen LogP contribution in [0, 0.1) is 0 Å². The number of nitrogens with one attached hydrogen (secondary N) is 1. The van der Waals surface area contributed by atoms with Gasteiger partial charge < -0.3 is 24.9 Å². The summed E-state index contributed by atoms with van der Waals surface area (Å²) in [6, 6.07) is 15.8. The van der Waals surface area contributed by atoms with Crippen LogP contribution in [-0.2, 0) is 17.9 Å². The summed E-state index contributed by atoms with van der Waals surface area (Å²) >= 11 is 0. The van der Waals surface area contributed by atoms with Crippen molar-refractivity contribution in [2.75, 3.05) is 61.9 Å². The summed E-state index contributed by atoms with van der Waals surface area (Å²) in [6.45, 7) is 9.06. The van der Waals surface area contributed by atoms with E-state index in [1.54, 1.807) is 27.9 Å². The highest BCUT2D eigenvalue weighted by molar-refractivity contribution is 5.94. The molecule has 1 unspecified atom stereocenters. The van der Waals surface area contributed by atoms with Crippen molar-refractivity contribution < 1.29 is 9.59 Å². The number of likely N-dealkylation sites (N-methyl/N-ethyl adjacent to an activating group) is 1. The standard InChI is InChI=1S/C30H34N8O2/c1-4-27(39)37-18-21-7-5-6-8-25(21)26(20-37)38-19-22-17-31-29(33-28(22)35(3)30(38)40)32-23-9-11-24(12-10-23)36-15-13-34(2)14-16-36/h4-12,17,26H,1,13-16,18-20H2,2-3H3,(H,31,32,33). The van der Waals surface area contributed by atoms with Gasteiger partial charge in [0.15, 0.2) is 0 Å². The van der Waals surface area contributed by atoms with Gasteiger partial charge >= 0.3 is 6.03 Å². The number of nitrogens with zero attached hydrogens (tertiary/aromatic N) is 7. The fraction of sp³-hybridized carbons (Fsp3) is 0.333. The molecular weight excluding hydrogens is 504 g/mol. The predicted octanol–water partition coefficient (Wildman–Crippen LogP) is 3.61. The summed E-state index contributed by atoms with van der Waals surface area (Å²) in [4.78, 5) is 45.3. The zero-order valence-corrected chi connectivity index (χ0v) is 23.0. The van der Waals surface area contributed by atoms with E-state index in [1.807, 2.05) is 36.4 Å². The van der Waals surface area contributed by atoms with Crippen LogP contribution < -0.4 is 15.1 Å². The maximum Gasteiger partial charge on any atom is 0.326 e. The average Bonchev–Trinajstić information content (AvgIpc) is 2.99. The first-order chi connectivity index (χ1) is 19.4. The first kappa shape index (κ1) is 25.8. The lowest BCUT2D eigenvalue weighted by atomic mass is 9.93. The van der Waals surface area contributed by atoms with E-state index in [2.05, 4.69) is 45.9 Å². The zero-order chi connectivity index (χ0) is 27.8. The first-order valence-electron chi connectivity index (χ1n) is 13.6. The van der Waals surface area contributed by atoms with Crippen molar-refractivity contribution >= 4 is 35.1 Å². The molecule has 1 fully saturated rings. The maximum absolute atomic E-state index is 13.7. The SMILES string of the molecule is C=CC(=O)N1Cc2ccccc2C(N2Cc3cnc(Nc4ccc(N5CCN(C)CC5)cc4)nc3N(C)C2=O)C1. The van der Waals surface area contributed by atoms with Gasteiger partial charge in [-0.1, -0.05) is 30.8 Å². The number of anilines is 4. The number of aromatic nitrogens is 2. The van der Waals surface area contributed by atoms with Crippen molar-refractivity contribution in [3.63, 3.8) is 0 Å². The van der Waals surface area contributed by atoms with Crippen LogP contribution in [0.3, 0.4) is 0 Å². The molecule has 3 aromatic rings. The molecule has 0 radical (unpaired) electrons. The molecule has 4 heterocycles. The van der Waals surface area contributed by atoms with Gasteiger partial charge in [-0.25, -0.2) is 9.78 Å². The summed E-state index contributed by atoms with van der Waals surface area (Å²) in [7, 11) is 3.89. The molecule has 1 N–H and O–H groups in total. The molecule has 0 spiro atoms. The summed E-state index contributed by atoms with van der Waals surface area (Å²) in [5.41, 5.74) is 5.02. The Morgan fingerprint density at radius 3 is 2.50 bits per heavy atom. The van der Waals surface area contributed by atoms with Crippen LogP contribution in [0.2, 0.25) is 0 Å². The highest BCUT2D eigenvalue weighted by atomic mass is 16.2. The predicted molar refractivity (Wildman–Crippen MR) is 156 cm³/mol. The van der Waals surface area contributed by atoms with Crippen LogP contribution in [0.15, 0.2) is 67.4 Å². The molecule has 3 amide bonds. The highest BCUT2D eigenvalue weighted by Gasteiger charge is 2.38. The monoisotopic (exact) mass is 538 g/mol. The molecule has 1 aromatic heterocycles. The molecule has 10 nitrogen and oxygen atoms in total. The van der Waals surface area contributed by atoms with E-state index in [4.69, 9.17) is 4.98 Å². The van der Waals surface area contributed by atoms with Crippen molar-refractivity contribution in [1.29, 1.82) is 0 Å². The topological polar surface area (TPSA) is 88.2 Å². The molecular formula is C30H34N8O2. The zero-order valence-electron chi connectivity index (χ0n) is 23.0. The van der Waals surface area contributed by atoms with Crippen molar-refractivity contribution in [2.45, 2.75) is 19.1 Å². The number of benzene rings is 2. The number of piperazine rings is 1. The van der Waals surface area contributed by atoms with Crippen LogP contribution in [0.4, 0.5) is 27.9 Å². The number of hydrogen-bond donors (Lipinski definition) is 1. The van der Waals surface area contributed by atoms with Gasteiger partial charge in [0, 0.05) is 69.5 Å². The van der Waals surface area contributed by atoms with Gasteiger partial charge in [0.05, 0.1) is 12.6 Å². The number of urea groups is 1. The van der Waals surface area contributed by atoms with Gasteiger partial charge in [-0.2, -0.15) is 4.98 Å². The van der Waals surface area contributed by atoms with E-state index >= 15 is 0 Å². The van der Waals surface area contributed by atoms with E-state index in [-0.39, 0.29) is 18.0 Å². The van der Waals surface area contributed by atoms with Gasteiger partial charge in [0.2, 0.25) is 11.9 Å². The Kier molecular flexibility index (Phi) is 6.85. The van der Waals surface area contributed by atoms with Crippen LogP contribution >= 0.6 is 0 Å². The summed E-state index contributed by atoms with van der Waals surface area (Å²) in [5, 5.41) is 3.28. The molecule has 0 aliphatic carbocycles. The van der Waals surface area contributed by atoms with E-state index in [0.29, 0.717) is 31.4 Å². The van der Waals surface area contributed by atoms with Crippen LogP contribution in [0.25, 0.3) is 0 Å². The Labute approximate surface area is 234 Å². The molecule has 2 aromatic carbocycles. The smallest absolute Gasteiger partial charge is 0.326 e. The summed E-state index contributed by atoms with van der Waals surface area (Å²) in [6.07, 6.45) is 3.10.